The van der Waals surface area contributed by atoms with Crippen molar-refractivity contribution in [1.82, 2.24) is 10.2 Å². The van der Waals surface area contributed by atoms with Crippen LogP contribution in [0.2, 0.25) is 0 Å². The number of thioether (sulfide) groups is 1. The van der Waals surface area contributed by atoms with Crippen LogP contribution in [0.25, 0.3) is 0 Å². The Balaban J connectivity index is 2.43. The van der Waals surface area contributed by atoms with Crippen LogP contribution in [0.15, 0.2) is 4.99 Å². The van der Waals surface area contributed by atoms with Crippen molar-refractivity contribution in [1.29, 1.82) is 0 Å². The van der Waals surface area contributed by atoms with Crippen molar-refractivity contribution in [3.05, 3.63) is 0 Å². The molecular formula is C12H23N3OS. The summed E-state index contributed by atoms with van der Waals surface area (Å²) in [6.07, 6.45) is 0. The van der Waals surface area contributed by atoms with Gasteiger partial charge >= 0.3 is 0 Å². The predicted octanol–water partition coefficient (Wildman–Crippen LogP) is 1.57. The Hall–Kier alpha value is -0.710. The van der Waals surface area contributed by atoms with Crippen LogP contribution in [0, 0.1) is 5.92 Å². The van der Waals surface area contributed by atoms with Crippen LogP contribution in [0.1, 0.15) is 27.7 Å². The summed E-state index contributed by atoms with van der Waals surface area (Å²) in [5, 5.41) is 4.66. The third kappa shape index (κ3) is 3.91. The molecule has 2 atom stereocenters. The summed E-state index contributed by atoms with van der Waals surface area (Å²) in [5.41, 5.74) is 0. The van der Waals surface area contributed by atoms with Crippen molar-refractivity contribution in [2.75, 3.05) is 20.1 Å². The summed E-state index contributed by atoms with van der Waals surface area (Å²) in [4.78, 5) is 18.0. The first kappa shape index (κ1) is 14.4. The van der Waals surface area contributed by atoms with Crippen LogP contribution in [-0.4, -0.2) is 47.4 Å². The lowest BCUT2D eigenvalue weighted by molar-refractivity contribution is -0.131. The maximum Gasteiger partial charge on any atom is 0.244 e. The standard InChI is InChI=1S/C12H23N3OS/c1-6-15(5)11(16)9(4)14-12-13-7-10(17-12)8(2)3/h8-10H,6-7H2,1-5H3,(H,13,14). The first-order valence-electron chi connectivity index (χ1n) is 6.18. The molecule has 0 aromatic heterocycles. The lowest BCUT2D eigenvalue weighted by Crippen LogP contribution is -2.44. The summed E-state index contributed by atoms with van der Waals surface area (Å²) in [7, 11) is 1.82. The lowest BCUT2D eigenvalue weighted by atomic mass is 10.1. The number of rotatable bonds is 4. The van der Waals surface area contributed by atoms with Gasteiger partial charge < -0.3 is 10.2 Å². The second-order valence-corrected chi connectivity index (χ2v) is 5.99. The Morgan fingerprint density at radius 2 is 2.24 bits per heavy atom. The lowest BCUT2D eigenvalue weighted by Gasteiger charge is -2.21. The van der Waals surface area contributed by atoms with Crippen LogP contribution in [0.4, 0.5) is 0 Å². The van der Waals surface area contributed by atoms with Crippen LogP contribution >= 0.6 is 11.8 Å². The number of nitrogens with zero attached hydrogens (tertiary/aromatic N) is 2. The molecule has 0 spiro atoms. The van der Waals surface area contributed by atoms with Crippen LogP contribution in [0.3, 0.4) is 0 Å². The van der Waals surface area contributed by atoms with E-state index in [1.807, 2.05) is 20.9 Å². The first-order valence-corrected chi connectivity index (χ1v) is 7.06. The highest BCUT2D eigenvalue weighted by molar-refractivity contribution is 8.14. The van der Waals surface area contributed by atoms with Gasteiger partial charge in [0, 0.05) is 18.8 Å². The van der Waals surface area contributed by atoms with Gasteiger partial charge in [-0.2, -0.15) is 0 Å². The SMILES string of the molecule is CCN(C)C(=O)C(C)NC1=NCC(C(C)C)S1. The Morgan fingerprint density at radius 1 is 1.59 bits per heavy atom. The number of amides is 1. The molecule has 17 heavy (non-hydrogen) atoms. The smallest absolute Gasteiger partial charge is 0.244 e. The molecule has 0 aromatic carbocycles. The molecule has 2 unspecified atom stereocenters. The second kappa shape index (κ2) is 6.28. The number of aliphatic imine (C=N–C) groups is 1. The van der Waals surface area contributed by atoms with E-state index < -0.39 is 0 Å². The van der Waals surface area contributed by atoms with Gasteiger partial charge in [0.15, 0.2) is 5.17 Å². The zero-order chi connectivity index (χ0) is 13.0. The second-order valence-electron chi connectivity index (χ2n) is 4.76. The Labute approximate surface area is 108 Å². The summed E-state index contributed by atoms with van der Waals surface area (Å²) >= 11 is 1.75. The number of hydrogen-bond donors (Lipinski definition) is 1. The molecule has 1 amide bonds. The minimum Gasteiger partial charge on any atom is -0.353 e. The Bertz CT molecular complexity index is 304. The zero-order valence-electron chi connectivity index (χ0n) is 11.4. The average molecular weight is 257 g/mol. The maximum absolute atomic E-state index is 11.9. The summed E-state index contributed by atoms with van der Waals surface area (Å²) in [6.45, 7) is 9.86. The molecule has 98 valence electrons. The molecule has 5 heteroatoms. The van der Waals surface area contributed by atoms with E-state index in [1.54, 1.807) is 16.7 Å². The highest BCUT2D eigenvalue weighted by atomic mass is 32.2. The maximum atomic E-state index is 11.9. The van der Waals surface area contributed by atoms with E-state index >= 15 is 0 Å². The van der Waals surface area contributed by atoms with Crippen molar-refractivity contribution in [2.45, 2.75) is 39.0 Å². The molecule has 0 saturated carbocycles. The summed E-state index contributed by atoms with van der Waals surface area (Å²) < 4.78 is 0. The highest BCUT2D eigenvalue weighted by Crippen LogP contribution is 2.26. The fourth-order valence-electron chi connectivity index (χ4n) is 1.55. The molecule has 0 radical (unpaired) electrons. The third-order valence-corrected chi connectivity index (χ3v) is 4.45. The highest BCUT2D eigenvalue weighted by Gasteiger charge is 2.25. The number of hydrogen-bond acceptors (Lipinski definition) is 4. The Kier molecular flexibility index (Phi) is 5.31. The molecule has 1 aliphatic rings. The van der Waals surface area contributed by atoms with E-state index in [9.17, 15) is 4.79 Å². The van der Waals surface area contributed by atoms with Gasteiger partial charge in [-0.3, -0.25) is 9.79 Å². The summed E-state index contributed by atoms with van der Waals surface area (Å²) in [5.74, 6) is 0.733. The fourth-order valence-corrected chi connectivity index (χ4v) is 2.65. The molecule has 1 aliphatic heterocycles. The molecule has 0 fully saturated rings. The van der Waals surface area contributed by atoms with Crippen molar-refractivity contribution in [3.8, 4) is 0 Å². The van der Waals surface area contributed by atoms with Gasteiger partial charge in [0.1, 0.15) is 6.04 Å². The average Bonchev–Trinajstić information content (AvgIpc) is 2.75. The van der Waals surface area contributed by atoms with Crippen LogP contribution < -0.4 is 5.32 Å². The molecule has 4 nitrogen and oxygen atoms in total. The minimum atomic E-state index is -0.197. The topological polar surface area (TPSA) is 44.7 Å². The van der Waals surface area contributed by atoms with Gasteiger partial charge in [0.05, 0.1) is 6.54 Å². The van der Waals surface area contributed by atoms with Gasteiger partial charge in [0.25, 0.3) is 0 Å². The van der Waals surface area contributed by atoms with Gasteiger partial charge in [-0.1, -0.05) is 25.6 Å². The zero-order valence-corrected chi connectivity index (χ0v) is 12.2. The molecule has 0 aliphatic carbocycles. The molecule has 1 rings (SSSR count). The molecule has 1 heterocycles. The van der Waals surface area contributed by atoms with Crippen LogP contribution in [0.5, 0.6) is 0 Å². The molecule has 0 bridgehead atoms. The monoisotopic (exact) mass is 257 g/mol. The van der Waals surface area contributed by atoms with Crippen molar-refractivity contribution in [2.24, 2.45) is 10.9 Å². The van der Waals surface area contributed by atoms with Crippen molar-refractivity contribution >= 4 is 22.8 Å². The number of amidine groups is 1. The number of nitrogens with one attached hydrogen (secondary N) is 1. The number of carbonyl (C=O) groups is 1. The number of likely N-dealkylation sites (N-methyl/N-ethyl adjacent to an activating group) is 1. The van der Waals surface area contributed by atoms with Gasteiger partial charge in [-0.25, -0.2) is 0 Å². The van der Waals surface area contributed by atoms with Gasteiger partial charge in [-0.05, 0) is 19.8 Å². The van der Waals surface area contributed by atoms with Gasteiger partial charge in [0.2, 0.25) is 5.91 Å². The quantitative estimate of drug-likeness (QED) is 0.831. The minimum absolute atomic E-state index is 0.115. The Morgan fingerprint density at radius 3 is 2.71 bits per heavy atom. The molecule has 0 aromatic rings. The normalized spacial score (nSPS) is 21.3. The summed E-state index contributed by atoms with van der Waals surface area (Å²) in [6, 6.07) is -0.197. The van der Waals surface area contributed by atoms with Crippen molar-refractivity contribution in [3.63, 3.8) is 0 Å². The largest absolute Gasteiger partial charge is 0.353 e. The van der Waals surface area contributed by atoms with E-state index in [4.69, 9.17) is 0 Å². The molecule has 1 N–H and O–H groups in total. The van der Waals surface area contributed by atoms with E-state index in [2.05, 4.69) is 24.2 Å². The third-order valence-electron chi connectivity index (χ3n) is 2.98. The van der Waals surface area contributed by atoms with E-state index in [-0.39, 0.29) is 11.9 Å². The predicted molar refractivity (Wildman–Crippen MR) is 74.4 cm³/mol. The van der Waals surface area contributed by atoms with Crippen molar-refractivity contribution < 1.29 is 4.79 Å². The fraction of sp³-hybridized carbons (Fsp3) is 0.833. The van der Waals surface area contributed by atoms with E-state index in [1.165, 1.54) is 0 Å². The van der Waals surface area contributed by atoms with E-state index in [0.717, 1.165) is 18.3 Å². The first-order chi connectivity index (χ1) is 7.95. The molecular weight excluding hydrogens is 234 g/mol. The van der Waals surface area contributed by atoms with E-state index in [0.29, 0.717) is 11.2 Å². The molecule has 0 saturated heterocycles. The number of carbonyl (C=O) groups excluding carboxylic acids is 1. The van der Waals surface area contributed by atoms with Crippen LogP contribution in [-0.2, 0) is 4.79 Å². The van der Waals surface area contributed by atoms with Gasteiger partial charge in [-0.15, -0.1) is 0 Å².